The van der Waals surface area contributed by atoms with Crippen LogP contribution in [-0.2, 0) is 21.4 Å². The van der Waals surface area contributed by atoms with Crippen LogP contribution in [0.15, 0.2) is 30.0 Å². The zero-order valence-electron chi connectivity index (χ0n) is 16.5. The monoisotopic (exact) mass is 456 g/mol. The minimum Gasteiger partial charge on any atom is -0.250 e. The Balaban J connectivity index is 1.71. The Kier molecular flexibility index (Phi) is 5.13. The molecule has 11 heteroatoms. The number of terminal acetylenes is 1. The van der Waals surface area contributed by atoms with Crippen molar-refractivity contribution in [1.82, 2.24) is 14.6 Å². The van der Waals surface area contributed by atoms with Gasteiger partial charge in [-0.1, -0.05) is 12.0 Å². The second-order valence-corrected chi connectivity index (χ2v) is 10.6. The first-order valence-electron chi connectivity index (χ1n) is 9.39. The summed E-state index contributed by atoms with van der Waals surface area (Å²) in [5.74, 6) is 1.80. The number of carbonyl (C=O) groups excluding carboxylic acids is 2. The molecule has 2 aliphatic carbocycles. The zero-order chi connectivity index (χ0) is 22.4. The lowest BCUT2D eigenvalue weighted by molar-refractivity contribution is -0.422. The standard InChI is InChI=1S/C20H18N5O4S2/c1-3-8-24-17-5-4-15(31(28,29)23-20(12-21)6-7-20)9-16(17)18(26)25(19(24)27)11-14-10-22-13(2)30-14/h1,4-5,9-10,15,23H,6-8,11H2,2H3/q+1. The van der Waals surface area contributed by atoms with Crippen LogP contribution < -0.4 is 4.72 Å². The van der Waals surface area contributed by atoms with E-state index in [4.69, 9.17) is 6.42 Å². The van der Waals surface area contributed by atoms with E-state index >= 15 is 0 Å². The predicted molar refractivity (Wildman–Crippen MR) is 112 cm³/mol. The predicted octanol–water partition coefficient (Wildman–Crippen LogP) is 0.841. The fourth-order valence-electron chi connectivity index (χ4n) is 3.39. The maximum absolute atomic E-state index is 13.2. The molecule has 1 fully saturated rings. The summed E-state index contributed by atoms with van der Waals surface area (Å²) in [6.45, 7) is 1.75. The van der Waals surface area contributed by atoms with Crippen LogP contribution in [0, 0.1) is 30.6 Å². The van der Waals surface area contributed by atoms with E-state index < -0.39 is 32.8 Å². The summed E-state index contributed by atoms with van der Waals surface area (Å²) in [6, 6.07) is 1.41. The SMILES string of the molecule is C#CC[N+]1=C2C=CC(S(=O)(=O)NC3(C#N)CC3)C=C2C(=O)N(Cc2cnc(C)s2)C1=O. The number of urea groups is 1. The molecule has 0 radical (unpaired) electrons. The van der Waals surface area contributed by atoms with Crippen molar-refractivity contribution in [3.8, 4) is 18.4 Å². The first-order chi connectivity index (χ1) is 14.7. The van der Waals surface area contributed by atoms with Crippen molar-refractivity contribution in [2.24, 2.45) is 0 Å². The van der Waals surface area contributed by atoms with Gasteiger partial charge in [0.15, 0.2) is 6.54 Å². The van der Waals surface area contributed by atoms with E-state index in [9.17, 15) is 23.3 Å². The van der Waals surface area contributed by atoms with Gasteiger partial charge in [-0.15, -0.1) is 17.8 Å². The Bertz CT molecular complexity index is 1270. The second-order valence-electron chi connectivity index (χ2n) is 7.44. The van der Waals surface area contributed by atoms with Crippen LogP contribution in [0.3, 0.4) is 0 Å². The van der Waals surface area contributed by atoms with Gasteiger partial charge in [0.1, 0.15) is 28.6 Å². The van der Waals surface area contributed by atoms with E-state index in [1.807, 2.05) is 13.0 Å². The van der Waals surface area contributed by atoms with Gasteiger partial charge in [0.2, 0.25) is 10.0 Å². The Morgan fingerprint density at radius 3 is 2.77 bits per heavy atom. The number of hydrogen-bond acceptors (Lipinski definition) is 7. The smallest absolute Gasteiger partial charge is 0.250 e. The van der Waals surface area contributed by atoms with Gasteiger partial charge >= 0.3 is 11.9 Å². The van der Waals surface area contributed by atoms with Crippen LogP contribution in [0.2, 0.25) is 0 Å². The normalized spacial score (nSPS) is 22.0. The molecule has 1 aliphatic heterocycles. The molecule has 3 amide bonds. The summed E-state index contributed by atoms with van der Waals surface area (Å²) < 4.78 is 29.3. The third-order valence-corrected chi connectivity index (χ3v) is 7.75. The van der Waals surface area contributed by atoms with E-state index in [0.29, 0.717) is 17.7 Å². The number of allylic oxidation sites excluding steroid dienone is 1. The molecule has 9 nitrogen and oxygen atoms in total. The first-order valence-corrected chi connectivity index (χ1v) is 11.8. The number of aromatic nitrogens is 1. The molecule has 2 heterocycles. The number of hydrogen-bond donors (Lipinski definition) is 1. The number of sulfonamides is 1. The lowest BCUT2D eigenvalue weighted by Crippen LogP contribution is -2.52. The Morgan fingerprint density at radius 1 is 1.45 bits per heavy atom. The topological polar surface area (TPSA) is 123 Å². The Labute approximate surface area is 183 Å². The minimum atomic E-state index is -3.95. The summed E-state index contributed by atoms with van der Waals surface area (Å²) in [6.07, 6.45) is 12.0. The molecule has 0 spiro atoms. The van der Waals surface area contributed by atoms with E-state index in [1.54, 1.807) is 6.20 Å². The van der Waals surface area contributed by atoms with Crippen molar-refractivity contribution < 1.29 is 22.6 Å². The minimum absolute atomic E-state index is 0.00574. The van der Waals surface area contributed by atoms with Gasteiger partial charge in [-0.2, -0.15) is 24.3 Å². The molecular formula is C20H18N5O4S2+. The van der Waals surface area contributed by atoms with E-state index in [0.717, 1.165) is 9.91 Å². The van der Waals surface area contributed by atoms with Crippen molar-refractivity contribution in [3.05, 3.63) is 39.9 Å². The molecule has 4 rings (SSSR count). The van der Waals surface area contributed by atoms with Crippen LogP contribution in [0.1, 0.15) is 22.7 Å². The highest BCUT2D eigenvalue weighted by Gasteiger charge is 2.49. The average Bonchev–Trinajstić information content (AvgIpc) is 3.38. The Hall–Kier alpha value is -3.12. The van der Waals surface area contributed by atoms with E-state index in [-0.39, 0.29) is 24.4 Å². The maximum atomic E-state index is 13.2. The maximum Gasteiger partial charge on any atom is 0.502 e. The summed E-state index contributed by atoms with van der Waals surface area (Å²) >= 11 is 1.36. The fourth-order valence-corrected chi connectivity index (χ4v) is 5.71. The number of nitriles is 1. The molecule has 0 saturated heterocycles. The van der Waals surface area contributed by atoms with Crippen molar-refractivity contribution in [2.45, 2.75) is 37.1 Å². The number of thiazole rings is 1. The van der Waals surface area contributed by atoms with Gasteiger partial charge in [-0.3, -0.25) is 0 Å². The lowest BCUT2D eigenvalue weighted by atomic mass is 9.99. The van der Waals surface area contributed by atoms with Gasteiger partial charge in [0.05, 0.1) is 16.0 Å². The summed E-state index contributed by atoms with van der Waals surface area (Å²) in [7, 11) is -3.95. The van der Waals surface area contributed by atoms with Gasteiger partial charge in [0, 0.05) is 6.20 Å². The lowest BCUT2D eigenvalue weighted by Gasteiger charge is -2.25. The van der Waals surface area contributed by atoms with E-state index in [2.05, 4.69) is 15.6 Å². The molecule has 1 atom stereocenters. The number of aryl methyl sites for hydroxylation is 1. The highest BCUT2D eigenvalue weighted by Crippen LogP contribution is 2.36. The zero-order valence-corrected chi connectivity index (χ0v) is 18.2. The Morgan fingerprint density at radius 2 is 2.19 bits per heavy atom. The summed E-state index contributed by atoms with van der Waals surface area (Å²) in [4.78, 5) is 32.0. The van der Waals surface area contributed by atoms with Gasteiger partial charge in [-0.25, -0.2) is 18.2 Å². The number of amides is 3. The fraction of sp³-hybridized carbons (Fsp3) is 0.350. The van der Waals surface area contributed by atoms with Crippen LogP contribution >= 0.6 is 11.3 Å². The molecule has 1 aromatic rings. The van der Waals surface area contributed by atoms with Crippen molar-refractivity contribution in [3.63, 3.8) is 0 Å². The van der Waals surface area contributed by atoms with Crippen LogP contribution in [-0.4, -0.2) is 57.9 Å². The average molecular weight is 457 g/mol. The number of fused-ring (bicyclic) bond motifs is 1. The molecule has 0 bridgehead atoms. The number of imide groups is 1. The molecule has 1 N–H and O–H groups in total. The molecule has 31 heavy (non-hydrogen) atoms. The highest BCUT2D eigenvalue weighted by molar-refractivity contribution is 7.90. The van der Waals surface area contributed by atoms with E-state index in [1.165, 1.54) is 34.1 Å². The van der Waals surface area contributed by atoms with Crippen LogP contribution in [0.25, 0.3) is 0 Å². The molecule has 0 aromatic carbocycles. The van der Waals surface area contributed by atoms with Crippen molar-refractivity contribution in [2.75, 3.05) is 6.54 Å². The molecule has 1 saturated carbocycles. The number of carbonyl (C=O) groups is 2. The highest BCUT2D eigenvalue weighted by atomic mass is 32.2. The quantitative estimate of drug-likeness (QED) is 0.500. The first kappa shape index (κ1) is 21.1. The second kappa shape index (κ2) is 7.54. The number of nitrogens with one attached hydrogen (secondary N) is 1. The number of nitrogens with zero attached hydrogens (tertiary/aromatic N) is 4. The number of rotatable bonds is 6. The summed E-state index contributed by atoms with van der Waals surface area (Å²) in [5, 5.41) is 8.84. The van der Waals surface area contributed by atoms with Crippen LogP contribution in [0.5, 0.6) is 0 Å². The third-order valence-electron chi connectivity index (χ3n) is 5.17. The molecular weight excluding hydrogens is 438 g/mol. The van der Waals surface area contributed by atoms with Crippen molar-refractivity contribution in [1.29, 1.82) is 5.26 Å². The van der Waals surface area contributed by atoms with Gasteiger partial charge in [-0.05, 0) is 31.9 Å². The third kappa shape index (κ3) is 3.83. The van der Waals surface area contributed by atoms with Gasteiger partial charge in [0.25, 0.3) is 0 Å². The van der Waals surface area contributed by atoms with Crippen LogP contribution in [0.4, 0.5) is 4.79 Å². The van der Waals surface area contributed by atoms with Crippen molar-refractivity contribution >= 4 is 39.0 Å². The van der Waals surface area contributed by atoms with Gasteiger partial charge < -0.3 is 0 Å². The molecule has 3 aliphatic rings. The summed E-state index contributed by atoms with van der Waals surface area (Å²) in [5.41, 5.74) is -0.735. The molecule has 1 aromatic heterocycles. The largest absolute Gasteiger partial charge is 0.502 e. The molecule has 1 unspecified atom stereocenters. The molecule has 158 valence electrons.